The van der Waals surface area contributed by atoms with Gasteiger partial charge in [-0.1, -0.05) is 23.9 Å². The van der Waals surface area contributed by atoms with Gasteiger partial charge in [-0.05, 0) is 58.7 Å². The number of hydrogen-bond acceptors (Lipinski definition) is 4. The van der Waals surface area contributed by atoms with Gasteiger partial charge in [0, 0.05) is 17.9 Å². The Bertz CT molecular complexity index is 808. The summed E-state index contributed by atoms with van der Waals surface area (Å²) in [6.07, 6.45) is 3.59. The summed E-state index contributed by atoms with van der Waals surface area (Å²) in [4.78, 5) is 28.5. The molecule has 0 saturated heterocycles. The summed E-state index contributed by atoms with van der Waals surface area (Å²) in [7, 11) is 0. The van der Waals surface area contributed by atoms with Gasteiger partial charge in [0.1, 0.15) is 0 Å². The normalized spacial score (nSPS) is 12.5. The van der Waals surface area contributed by atoms with Gasteiger partial charge < -0.3 is 5.32 Å². The number of benzene rings is 1. The van der Waals surface area contributed by atoms with Crippen LogP contribution >= 0.6 is 11.8 Å². The lowest BCUT2D eigenvalue weighted by atomic mass is 10.1. The maximum absolute atomic E-state index is 12.3. The van der Waals surface area contributed by atoms with Crippen molar-refractivity contribution in [3.05, 3.63) is 41.7 Å². The highest BCUT2D eigenvalue weighted by molar-refractivity contribution is 8.00. The fourth-order valence-electron chi connectivity index (χ4n) is 2.35. The van der Waals surface area contributed by atoms with Crippen LogP contribution in [0.4, 0.5) is 4.79 Å². The van der Waals surface area contributed by atoms with Gasteiger partial charge in [0.05, 0.1) is 10.9 Å². The number of nitrogens with one attached hydrogen (secondary N) is 2. The van der Waals surface area contributed by atoms with Crippen LogP contribution in [0.5, 0.6) is 0 Å². The van der Waals surface area contributed by atoms with E-state index in [4.69, 9.17) is 0 Å². The molecule has 26 heavy (non-hydrogen) atoms. The molecule has 6 nitrogen and oxygen atoms in total. The molecule has 7 heteroatoms. The molecular formula is C19H26N4O2S. The molecule has 1 aromatic heterocycles. The molecule has 140 valence electrons. The standard InChI is InChI=1S/C19H26N4O2S/c1-12-8-7-9-15(13(12)2)23-11-10-20-18(23)26-14(3)16(24)21-17(25)22-19(4,5)6/h7-11,14H,1-6H3,(H2,21,22,24,25). The van der Waals surface area contributed by atoms with Crippen LogP contribution in [0.1, 0.15) is 38.8 Å². The molecule has 0 aliphatic heterocycles. The number of rotatable bonds is 4. The minimum absolute atomic E-state index is 0.354. The van der Waals surface area contributed by atoms with Crippen molar-refractivity contribution < 1.29 is 9.59 Å². The van der Waals surface area contributed by atoms with Gasteiger partial charge in [0.2, 0.25) is 5.91 Å². The molecule has 0 aliphatic carbocycles. The monoisotopic (exact) mass is 374 g/mol. The summed E-state index contributed by atoms with van der Waals surface area (Å²) in [6, 6.07) is 5.59. The summed E-state index contributed by atoms with van der Waals surface area (Å²) in [5.41, 5.74) is 2.98. The van der Waals surface area contributed by atoms with Crippen molar-refractivity contribution in [2.75, 3.05) is 0 Å². The smallest absolute Gasteiger partial charge is 0.321 e. The molecule has 3 amide bonds. The van der Waals surface area contributed by atoms with Crippen LogP contribution in [0.3, 0.4) is 0 Å². The number of amides is 3. The highest BCUT2D eigenvalue weighted by atomic mass is 32.2. The number of aryl methyl sites for hydroxylation is 1. The van der Waals surface area contributed by atoms with Crippen molar-refractivity contribution in [3.63, 3.8) is 0 Å². The number of carbonyl (C=O) groups excluding carboxylic acids is 2. The van der Waals surface area contributed by atoms with Gasteiger partial charge in [0.25, 0.3) is 0 Å². The number of nitrogens with zero attached hydrogens (tertiary/aromatic N) is 2. The predicted octanol–water partition coefficient (Wildman–Crippen LogP) is 3.59. The lowest BCUT2D eigenvalue weighted by Gasteiger charge is -2.21. The summed E-state index contributed by atoms with van der Waals surface area (Å²) in [5.74, 6) is -0.354. The Morgan fingerprint density at radius 1 is 1.23 bits per heavy atom. The van der Waals surface area contributed by atoms with Crippen LogP contribution in [-0.2, 0) is 4.79 Å². The molecule has 0 saturated carbocycles. The molecule has 2 rings (SSSR count). The molecule has 1 aromatic carbocycles. The highest BCUT2D eigenvalue weighted by Crippen LogP contribution is 2.27. The van der Waals surface area contributed by atoms with Crippen LogP contribution in [0.15, 0.2) is 35.7 Å². The Balaban J connectivity index is 2.10. The Morgan fingerprint density at radius 2 is 1.92 bits per heavy atom. The van der Waals surface area contributed by atoms with Crippen LogP contribution in [0.2, 0.25) is 0 Å². The summed E-state index contributed by atoms with van der Waals surface area (Å²) < 4.78 is 1.96. The molecule has 0 aliphatic rings. The van der Waals surface area contributed by atoms with Gasteiger partial charge in [0.15, 0.2) is 5.16 Å². The van der Waals surface area contributed by atoms with Gasteiger partial charge >= 0.3 is 6.03 Å². The number of hydrogen-bond donors (Lipinski definition) is 2. The SMILES string of the molecule is Cc1cccc(-n2ccnc2SC(C)C(=O)NC(=O)NC(C)(C)C)c1C. The zero-order chi connectivity index (χ0) is 19.5. The molecule has 0 radical (unpaired) electrons. The van der Waals surface area contributed by atoms with Crippen molar-refractivity contribution >= 4 is 23.7 Å². The average Bonchev–Trinajstić information content (AvgIpc) is 2.95. The molecule has 0 spiro atoms. The predicted molar refractivity (Wildman–Crippen MR) is 105 cm³/mol. The zero-order valence-electron chi connectivity index (χ0n) is 16.1. The lowest BCUT2D eigenvalue weighted by molar-refractivity contribution is -0.119. The summed E-state index contributed by atoms with van der Waals surface area (Å²) in [5, 5.41) is 5.34. The maximum atomic E-state index is 12.3. The first kappa shape index (κ1) is 20.0. The van der Waals surface area contributed by atoms with E-state index in [2.05, 4.69) is 35.5 Å². The maximum Gasteiger partial charge on any atom is 0.321 e. The topological polar surface area (TPSA) is 76.0 Å². The van der Waals surface area contributed by atoms with Crippen LogP contribution in [0, 0.1) is 13.8 Å². The van der Waals surface area contributed by atoms with Crippen LogP contribution in [0.25, 0.3) is 5.69 Å². The first-order valence-corrected chi connectivity index (χ1v) is 9.36. The first-order valence-electron chi connectivity index (χ1n) is 8.48. The number of urea groups is 1. The molecular weight excluding hydrogens is 348 g/mol. The second kappa shape index (κ2) is 7.95. The van der Waals surface area contributed by atoms with Gasteiger partial charge in [-0.3, -0.25) is 14.7 Å². The first-order chi connectivity index (χ1) is 12.1. The third-order valence-corrected chi connectivity index (χ3v) is 4.90. The van der Waals surface area contributed by atoms with Crippen molar-refractivity contribution in [1.29, 1.82) is 0 Å². The highest BCUT2D eigenvalue weighted by Gasteiger charge is 2.22. The fraction of sp³-hybridized carbons (Fsp3) is 0.421. The number of aromatic nitrogens is 2. The van der Waals surface area contributed by atoms with E-state index in [0.717, 1.165) is 11.3 Å². The number of imide groups is 1. The van der Waals surface area contributed by atoms with E-state index in [1.54, 1.807) is 13.1 Å². The average molecular weight is 375 g/mol. The van der Waals surface area contributed by atoms with Crippen molar-refractivity contribution in [1.82, 2.24) is 20.2 Å². The Hall–Kier alpha value is -2.28. The van der Waals surface area contributed by atoms with Crippen molar-refractivity contribution in [2.24, 2.45) is 0 Å². The molecule has 1 atom stereocenters. The van der Waals surface area contributed by atoms with E-state index in [1.807, 2.05) is 43.7 Å². The molecule has 1 heterocycles. The zero-order valence-corrected chi connectivity index (χ0v) is 16.9. The van der Waals surface area contributed by atoms with Crippen LogP contribution < -0.4 is 10.6 Å². The Kier molecular flexibility index (Phi) is 6.13. The van der Waals surface area contributed by atoms with E-state index < -0.39 is 16.8 Å². The third kappa shape index (κ3) is 5.11. The third-order valence-electron chi connectivity index (χ3n) is 3.82. The van der Waals surface area contributed by atoms with Crippen LogP contribution in [-0.4, -0.2) is 32.3 Å². The van der Waals surface area contributed by atoms with E-state index in [9.17, 15) is 9.59 Å². The second-order valence-electron chi connectivity index (χ2n) is 7.25. The van der Waals surface area contributed by atoms with Crippen molar-refractivity contribution in [2.45, 2.75) is 57.5 Å². The molecule has 2 N–H and O–H groups in total. The van der Waals surface area contributed by atoms with Gasteiger partial charge in [-0.2, -0.15) is 0 Å². The number of carbonyl (C=O) groups is 2. The Morgan fingerprint density at radius 3 is 2.58 bits per heavy atom. The fourth-order valence-corrected chi connectivity index (χ4v) is 3.23. The molecule has 0 bridgehead atoms. The largest absolute Gasteiger partial charge is 0.333 e. The lowest BCUT2D eigenvalue weighted by Crippen LogP contribution is -2.49. The quantitative estimate of drug-likeness (QED) is 0.802. The number of thioether (sulfide) groups is 1. The summed E-state index contributed by atoms with van der Waals surface area (Å²) in [6.45, 7) is 11.5. The van der Waals surface area contributed by atoms with Gasteiger partial charge in [-0.15, -0.1) is 0 Å². The molecule has 2 aromatic rings. The van der Waals surface area contributed by atoms with E-state index >= 15 is 0 Å². The van der Waals surface area contributed by atoms with E-state index in [0.29, 0.717) is 5.16 Å². The minimum atomic E-state index is -0.493. The molecule has 0 fully saturated rings. The second-order valence-corrected chi connectivity index (χ2v) is 8.56. The van der Waals surface area contributed by atoms with E-state index in [1.165, 1.54) is 17.3 Å². The minimum Gasteiger partial charge on any atom is -0.333 e. The summed E-state index contributed by atoms with van der Waals surface area (Å²) >= 11 is 1.31. The molecule has 1 unspecified atom stereocenters. The van der Waals surface area contributed by atoms with E-state index in [-0.39, 0.29) is 5.91 Å². The van der Waals surface area contributed by atoms with Crippen molar-refractivity contribution in [3.8, 4) is 5.69 Å². The Labute approximate surface area is 158 Å². The van der Waals surface area contributed by atoms with Gasteiger partial charge in [-0.25, -0.2) is 9.78 Å². The number of imidazole rings is 1.